The summed E-state index contributed by atoms with van der Waals surface area (Å²) in [6.07, 6.45) is 4.35. The average Bonchev–Trinajstić information content (AvgIpc) is 3.32. The first-order valence-corrected chi connectivity index (χ1v) is 10.3. The molecular formula is C17H21N5O2S2. The van der Waals surface area contributed by atoms with Crippen molar-refractivity contribution in [2.24, 2.45) is 0 Å². The maximum absolute atomic E-state index is 12.5. The highest BCUT2D eigenvalue weighted by atomic mass is 32.2. The lowest BCUT2D eigenvalue weighted by Crippen LogP contribution is -2.33. The molecule has 0 atom stereocenters. The summed E-state index contributed by atoms with van der Waals surface area (Å²) in [5.41, 5.74) is 1.02. The number of para-hydroxylation sites is 1. The van der Waals surface area contributed by atoms with Crippen molar-refractivity contribution < 1.29 is 9.59 Å². The zero-order chi connectivity index (χ0) is 18.4. The molecule has 1 saturated carbocycles. The third kappa shape index (κ3) is 4.95. The molecule has 0 radical (unpaired) electrons. The quantitative estimate of drug-likeness (QED) is 0.628. The van der Waals surface area contributed by atoms with E-state index in [2.05, 4.69) is 26.1 Å². The zero-order valence-electron chi connectivity index (χ0n) is 14.4. The first-order valence-electron chi connectivity index (χ1n) is 8.49. The molecule has 0 saturated heterocycles. The Balaban J connectivity index is 1.58. The Bertz CT molecular complexity index is 774. The fraction of sp³-hybridized carbons (Fsp3) is 0.412. The SMILES string of the molecule is CNc1nnc(SCC(=O)Nc2ccccc2C(=O)NC2CCCC2)s1. The van der Waals surface area contributed by atoms with Gasteiger partial charge in [-0.15, -0.1) is 10.2 Å². The van der Waals surface area contributed by atoms with Gasteiger partial charge in [0.25, 0.3) is 5.91 Å². The number of rotatable bonds is 7. The topological polar surface area (TPSA) is 96.0 Å². The van der Waals surface area contributed by atoms with Crippen LogP contribution in [0.4, 0.5) is 10.8 Å². The van der Waals surface area contributed by atoms with Crippen LogP contribution in [0.2, 0.25) is 0 Å². The van der Waals surface area contributed by atoms with Gasteiger partial charge >= 0.3 is 0 Å². The van der Waals surface area contributed by atoms with Gasteiger partial charge in [0, 0.05) is 13.1 Å². The Labute approximate surface area is 160 Å². The van der Waals surface area contributed by atoms with E-state index in [0.717, 1.165) is 30.0 Å². The van der Waals surface area contributed by atoms with Crippen LogP contribution in [0, 0.1) is 0 Å². The van der Waals surface area contributed by atoms with Gasteiger partial charge in [-0.1, -0.05) is 48.1 Å². The second-order valence-corrected chi connectivity index (χ2v) is 8.16. The Morgan fingerprint density at radius 3 is 2.73 bits per heavy atom. The molecule has 0 aliphatic heterocycles. The third-order valence-electron chi connectivity index (χ3n) is 4.08. The largest absolute Gasteiger partial charge is 0.363 e. The van der Waals surface area contributed by atoms with Crippen LogP contribution in [0.15, 0.2) is 28.6 Å². The standard InChI is InChI=1S/C17H21N5O2S2/c1-18-16-21-22-17(26-16)25-10-14(23)20-13-9-5-4-8-12(13)15(24)19-11-6-2-3-7-11/h4-5,8-9,11H,2-3,6-7,10H2,1H3,(H,18,21)(H,19,24)(H,20,23). The van der Waals surface area contributed by atoms with Gasteiger partial charge in [0.15, 0.2) is 4.34 Å². The van der Waals surface area contributed by atoms with Crippen LogP contribution >= 0.6 is 23.1 Å². The molecule has 26 heavy (non-hydrogen) atoms. The van der Waals surface area contributed by atoms with Crippen LogP contribution in [0.25, 0.3) is 0 Å². The first kappa shape index (κ1) is 18.7. The predicted molar refractivity (Wildman–Crippen MR) is 105 cm³/mol. The minimum atomic E-state index is -0.183. The van der Waals surface area contributed by atoms with E-state index < -0.39 is 0 Å². The highest BCUT2D eigenvalue weighted by Crippen LogP contribution is 2.25. The molecule has 0 spiro atoms. The summed E-state index contributed by atoms with van der Waals surface area (Å²) >= 11 is 2.71. The third-order valence-corrected chi connectivity index (χ3v) is 6.16. The lowest BCUT2D eigenvalue weighted by molar-refractivity contribution is -0.113. The maximum Gasteiger partial charge on any atom is 0.253 e. The number of carbonyl (C=O) groups is 2. The Morgan fingerprint density at radius 1 is 1.23 bits per heavy atom. The summed E-state index contributed by atoms with van der Waals surface area (Å²) in [4.78, 5) is 24.8. The molecule has 1 aromatic carbocycles. The van der Waals surface area contributed by atoms with Gasteiger partial charge in [-0.05, 0) is 25.0 Å². The minimum absolute atomic E-state index is 0.136. The molecule has 1 fully saturated rings. The van der Waals surface area contributed by atoms with Crippen LogP contribution in [0.3, 0.4) is 0 Å². The molecule has 7 nitrogen and oxygen atoms in total. The highest BCUT2D eigenvalue weighted by Gasteiger charge is 2.20. The Kier molecular flexibility index (Phi) is 6.45. The van der Waals surface area contributed by atoms with Crippen molar-refractivity contribution in [1.82, 2.24) is 15.5 Å². The van der Waals surface area contributed by atoms with Crippen molar-refractivity contribution in [3.63, 3.8) is 0 Å². The van der Waals surface area contributed by atoms with Gasteiger partial charge in [-0.3, -0.25) is 9.59 Å². The molecular weight excluding hydrogens is 370 g/mol. The second-order valence-electron chi connectivity index (χ2n) is 5.96. The number of hydrogen-bond acceptors (Lipinski definition) is 7. The zero-order valence-corrected chi connectivity index (χ0v) is 16.1. The number of carbonyl (C=O) groups excluding carboxylic acids is 2. The van der Waals surface area contributed by atoms with Crippen molar-refractivity contribution in [1.29, 1.82) is 0 Å². The summed E-state index contributed by atoms with van der Waals surface area (Å²) in [5, 5.41) is 17.4. The average molecular weight is 392 g/mol. The molecule has 1 aromatic heterocycles. The molecule has 3 rings (SSSR count). The summed E-state index contributed by atoms with van der Waals surface area (Å²) in [7, 11) is 1.77. The fourth-order valence-corrected chi connectivity index (χ4v) is 4.31. The van der Waals surface area contributed by atoms with Crippen LogP contribution in [-0.4, -0.2) is 40.9 Å². The smallest absolute Gasteiger partial charge is 0.253 e. The Hall–Kier alpha value is -2.13. The van der Waals surface area contributed by atoms with E-state index in [1.165, 1.54) is 23.1 Å². The van der Waals surface area contributed by atoms with Gasteiger partial charge in [0.05, 0.1) is 17.0 Å². The van der Waals surface area contributed by atoms with Gasteiger partial charge in [-0.25, -0.2) is 0 Å². The van der Waals surface area contributed by atoms with Gasteiger partial charge in [0.1, 0.15) is 0 Å². The number of amides is 2. The number of nitrogens with one attached hydrogen (secondary N) is 3. The van der Waals surface area contributed by atoms with Crippen LogP contribution in [0.5, 0.6) is 0 Å². The summed E-state index contributed by atoms with van der Waals surface area (Å²) in [6, 6.07) is 7.32. The predicted octanol–water partition coefficient (Wildman–Crippen LogP) is 2.98. The van der Waals surface area contributed by atoms with Crippen LogP contribution in [0.1, 0.15) is 36.0 Å². The van der Waals surface area contributed by atoms with E-state index in [4.69, 9.17) is 0 Å². The number of hydrogen-bond donors (Lipinski definition) is 3. The van der Waals surface area contributed by atoms with E-state index in [9.17, 15) is 9.59 Å². The lowest BCUT2D eigenvalue weighted by Gasteiger charge is -2.14. The summed E-state index contributed by atoms with van der Waals surface area (Å²) in [6.45, 7) is 0. The number of anilines is 2. The van der Waals surface area contributed by atoms with E-state index >= 15 is 0 Å². The number of benzene rings is 1. The fourth-order valence-electron chi connectivity index (χ4n) is 2.81. The van der Waals surface area contributed by atoms with Gasteiger partial charge < -0.3 is 16.0 Å². The lowest BCUT2D eigenvalue weighted by atomic mass is 10.1. The first-order chi connectivity index (χ1) is 12.7. The molecule has 9 heteroatoms. The normalized spacial score (nSPS) is 14.2. The molecule has 3 N–H and O–H groups in total. The number of thioether (sulfide) groups is 1. The van der Waals surface area contributed by atoms with E-state index in [-0.39, 0.29) is 23.6 Å². The van der Waals surface area contributed by atoms with E-state index in [0.29, 0.717) is 16.4 Å². The second kappa shape index (κ2) is 9.00. The van der Waals surface area contributed by atoms with E-state index in [1.54, 1.807) is 31.3 Å². The van der Waals surface area contributed by atoms with Crippen LogP contribution < -0.4 is 16.0 Å². The number of nitrogens with zero attached hydrogens (tertiary/aromatic N) is 2. The Morgan fingerprint density at radius 2 is 2.00 bits per heavy atom. The molecule has 2 aromatic rings. The molecule has 0 unspecified atom stereocenters. The molecule has 138 valence electrons. The van der Waals surface area contributed by atoms with Crippen molar-refractivity contribution in [3.05, 3.63) is 29.8 Å². The summed E-state index contributed by atoms with van der Waals surface area (Å²) < 4.78 is 0.719. The van der Waals surface area contributed by atoms with Crippen molar-refractivity contribution in [3.8, 4) is 0 Å². The molecule has 1 aliphatic carbocycles. The van der Waals surface area contributed by atoms with Crippen molar-refractivity contribution in [2.45, 2.75) is 36.1 Å². The monoisotopic (exact) mass is 391 g/mol. The number of aromatic nitrogens is 2. The molecule has 1 aliphatic rings. The minimum Gasteiger partial charge on any atom is -0.363 e. The molecule has 1 heterocycles. The van der Waals surface area contributed by atoms with Gasteiger partial charge in [-0.2, -0.15) is 0 Å². The van der Waals surface area contributed by atoms with Crippen molar-refractivity contribution >= 4 is 45.7 Å². The molecule has 2 amide bonds. The van der Waals surface area contributed by atoms with Crippen LogP contribution in [-0.2, 0) is 4.79 Å². The molecule has 0 bridgehead atoms. The van der Waals surface area contributed by atoms with E-state index in [1.807, 2.05) is 0 Å². The van der Waals surface area contributed by atoms with Gasteiger partial charge in [0.2, 0.25) is 11.0 Å². The van der Waals surface area contributed by atoms with Crippen molar-refractivity contribution in [2.75, 3.05) is 23.4 Å². The highest BCUT2D eigenvalue weighted by molar-refractivity contribution is 8.01. The summed E-state index contributed by atoms with van der Waals surface area (Å²) in [5.74, 6) is -0.114. The maximum atomic E-state index is 12.5.